The van der Waals surface area contributed by atoms with E-state index in [-0.39, 0.29) is 25.5 Å². The first kappa shape index (κ1) is 30.8. The topological polar surface area (TPSA) is 138 Å². The molecule has 3 rings (SSSR count). The number of carbonyl (C=O) groups is 3. The SMILES string of the molecule is COc1cc(C(=O)NCc2ccc(OCC[C@H](NC(=O)OCc3ccccc3)C(=O)OC(C)(C)C)cc2)ccc1N. The predicted octanol–water partition coefficient (Wildman–Crippen LogP) is 4.61. The summed E-state index contributed by atoms with van der Waals surface area (Å²) < 4.78 is 21.7. The summed E-state index contributed by atoms with van der Waals surface area (Å²) in [6.07, 6.45) is -0.563. The van der Waals surface area contributed by atoms with Crippen LogP contribution in [-0.4, -0.2) is 43.3 Å². The lowest BCUT2D eigenvalue weighted by Crippen LogP contribution is -2.45. The largest absolute Gasteiger partial charge is 0.495 e. The van der Waals surface area contributed by atoms with Crippen LogP contribution in [0, 0.1) is 0 Å². The molecule has 0 saturated carbocycles. The predicted molar refractivity (Wildman–Crippen MR) is 155 cm³/mol. The Labute approximate surface area is 240 Å². The summed E-state index contributed by atoms with van der Waals surface area (Å²) in [6, 6.07) is 20.3. The van der Waals surface area contributed by atoms with E-state index in [4.69, 9.17) is 24.7 Å². The summed E-state index contributed by atoms with van der Waals surface area (Å²) in [7, 11) is 1.49. The Bertz CT molecular complexity index is 1310. The number of nitrogens with one attached hydrogen (secondary N) is 2. The van der Waals surface area contributed by atoms with E-state index in [1.54, 1.807) is 51.1 Å². The minimum absolute atomic E-state index is 0.0746. The molecule has 218 valence electrons. The van der Waals surface area contributed by atoms with Crippen molar-refractivity contribution in [1.82, 2.24) is 10.6 Å². The molecule has 10 nitrogen and oxygen atoms in total. The molecule has 0 bridgehead atoms. The van der Waals surface area contributed by atoms with Crippen molar-refractivity contribution in [3.63, 3.8) is 0 Å². The second kappa shape index (κ2) is 14.6. The maximum absolute atomic E-state index is 12.7. The Morgan fingerprint density at radius 1 is 0.927 bits per heavy atom. The fourth-order valence-corrected chi connectivity index (χ4v) is 3.66. The summed E-state index contributed by atoms with van der Waals surface area (Å²) in [5.74, 6) is 0.166. The molecule has 0 spiro atoms. The van der Waals surface area contributed by atoms with Gasteiger partial charge in [-0.1, -0.05) is 42.5 Å². The molecule has 3 aromatic rings. The Kier molecular flexibility index (Phi) is 11.0. The highest BCUT2D eigenvalue weighted by atomic mass is 16.6. The van der Waals surface area contributed by atoms with Gasteiger partial charge in [0.1, 0.15) is 29.7 Å². The molecule has 0 fully saturated rings. The number of hydrogen-bond donors (Lipinski definition) is 3. The van der Waals surface area contributed by atoms with Crippen molar-refractivity contribution in [1.29, 1.82) is 0 Å². The van der Waals surface area contributed by atoms with E-state index in [1.807, 2.05) is 42.5 Å². The van der Waals surface area contributed by atoms with Crippen LogP contribution in [-0.2, 0) is 27.4 Å². The molecule has 0 unspecified atom stereocenters. The van der Waals surface area contributed by atoms with Crippen LogP contribution in [0.1, 0.15) is 48.7 Å². The normalized spacial score (nSPS) is 11.6. The van der Waals surface area contributed by atoms with Gasteiger partial charge >= 0.3 is 12.1 Å². The molecular weight excluding hydrogens is 526 g/mol. The Balaban J connectivity index is 1.50. The molecule has 1 atom stereocenters. The number of nitrogens with two attached hydrogens (primary N) is 1. The minimum atomic E-state index is -0.959. The monoisotopic (exact) mass is 563 g/mol. The molecule has 0 aliphatic carbocycles. The van der Waals surface area contributed by atoms with Crippen LogP contribution in [0.25, 0.3) is 0 Å². The molecule has 0 saturated heterocycles. The van der Waals surface area contributed by atoms with Crippen molar-refractivity contribution in [2.24, 2.45) is 0 Å². The maximum atomic E-state index is 12.7. The van der Waals surface area contributed by atoms with Crippen molar-refractivity contribution in [3.05, 3.63) is 89.5 Å². The molecule has 0 aliphatic heterocycles. The lowest BCUT2D eigenvalue weighted by Gasteiger charge is -2.24. The van der Waals surface area contributed by atoms with E-state index < -0.39 is 23.7 Å². The van der Waals surface area contributed by atoms with E-state index in [0.717, 1.165) is 11.1 Å². The highest BCUT2D eigenvalue weighted by molar-refractivity contribution is 5.95. The van der Waals surface area contributed by atoms with Gasteiger partial charge in [-0.05, 0) is 62.2 Å². The van der Waals surface area contributed by atoms with Gasteiger partial charge in [-0.2, -0.15) is 0 Å². The summed E-state index contributed by atoms with van der Waals surface area (Å²) in [4.78, 5) is 37.6. The van der Waals surface area contributed by atoms with Crippen LogP contribution in [0.3, 0.4) is 0 Å². The first-order valence-electron chi connectivity index (χ1n) is 13.2. The molecule has 2 amide bonds. The van der Waals surface area contributed by atoms with Crippen LogP contribution < -0.4 is 25.8 Å². The Hall–Kier alpha value is -4.73. The number of benzene rings is 3. The van der Waals surface area contributed by atoms with E-state index in [1.165, 1.54) is 7.11 Å². The molecule has 0 aliphatic rings. The van der Waals surface area contributed by atoms with E-state index >= 15 is 0 Å². The molecule has 4 N–H and O–H groups in total. The fourth-order valence-electron chi connectivity index (χ4n) is 3.66. The third-order valence-corrected chi connectivity index (χ3v) is 5.74. The summed E-state index contributed by atoms with van der Waals surface area (Å²) >= 11 is 0. The van der Waals surface area contributed by atoms with Gasteiger partial charge in [0.2, 0.25) is 0 Å². The van der Waals surface area contributed by atoms with Gasteiger partial charge in [0, 0.05) is 18.5 Å². The zero-order valence-corrected chi connectivity index (χ0v) is 23.8. The Morgan fingerprint density at radius 3 is 2.29 bits per heavy atom. The molecular formula is C31H37N3O7. The van der Waals surface area contributed by atoms with E-state index in [9.17, 15) is 14.4 Å². The van der Waals surface area contributed by atoms with E-state index in [0.29, 0.717) is 29.3 Å². The summed E-state index contributed by atoms with van der Waals surface area (Å²) in [5.41, 5.74) is 7.67. The average molecular weight is 564 g/mol. The number of amides is 2. The van der Waals surface area contributed by atoms with Crippen molar-refractivity contribution in [2.45, 2.75) is 52.0 Å². The number of anilines is 1. The highest BCUT2D eigenvalue weighted by Crippen LogP contribution is 2.22. The second-order valence-corrected chi connectivity index (χ2v) is 10.2. The zero-order valence-electron chi connectivity index (χ0n) is 23.8. The van der Waals surface area contributed by atoms with Crippen LogP contribution >= 0.6 is 0 Å². The fraction of sp³-hybridized carbons (Fsp3) is 0.323. The van der Waals surface area contributed by atoms with Crippen LogP contribution in [0.5, 0.6) is 11.5 Å². The Morgan fingerprint density at radius 2 is 1.63 bits per heavy atom. The van der Waals surface area contributed by atoms with Gasteiger partial charge in [-0.15, -0.1) is 0 Å². The first-order chi connectivity index (χ1) is 19.5. The van der Waals surface area contributed by atoms with Crippen molar-refractivity contribution < 1.29 is 33.3 Å². The molecule has 0 heterocycles. The molecule has 0 radical (unpaired) electrons. The number of rotatable bonds is 12. The first-order valence-corrected chi connectivity index (χ1v) is 13.2. The second-order valence-electron chi connectivity index (χ2n) is 10.2. The van der Waals surface area contributed by atoms with Crippen molar-refractivity contribution in [2.75, 3.05) is 19.5 Å². The number of esters is 1. The standard InChI is InChI=1S/C31H37N3O7/c1-31(2,3)41-29(36)26(34-30(37)40-20-22-8-6-5-7-9-22)16-17-39-24-13-10-21(11-14-24)19-33-28(35)23-12-15-25(32)27(18-23)38-4/h5-15,18,26H,16-17,19-20,32H2,1-4H3,(H,33,35)(H,34,37)/t26-/m0/s1. The van der Waals surface area contributed by atoms with Gasteiger partial charge in [-0.3, -0.25) is 4.79 Å². The average Bonchev–Trinajstić information content (AvgIpc) is 2.94. The van der Waals surface area contributed by atoms with E-state index in [2.05, 4.69) is 10.6 Å². The molecule has 3 aromatic carbocycles. The maximum Gasteiger partial charge on any atom is 0.408 e. The summed E-state index contributed by atoms with van der Waals surface area (Å²) in [5, 5.41) is 5.44. The number of alkyl carbamates (subject to hydrolysis) is 1. The van der Waals surface area contributed by atoms with Gasteiger partial charge < -0.3 is 35.3 Å². The van der Waals surface area contributed by atoms with Gasteiger partial charge in [0.15, 0.2) is 0 Å². The highest BCUT2D eigenvalue weighted by Gasteiger charge is 2.27. The third kappa shape index (κ3) is 10.4. The molecule has 0 aromatic heterocycles. The number of hydrogen-bond acceptors (Lipinski definition) is 8. The minimum Gasteiger partial charge on any atom is -0.495 e. The van der Waals surface area contributed by atoms with Gasteiger partial charge in [0.25, 0.3) is 5.91 Å². The number of nitrogen functional groups attached to an aromatic ring is 1. The van der Waals surface area contributed by atoms with Crippen LogP contribution in [0.15, 0.2) is 72.8 Å². The third-order valence-electron chi connectivity index (χ3n) is 5.74. The number of methoxy groups -OCH3 is 1. The summed E-state index contributed by atoms with van der Waals surface area (Å²) in [6.45, 7) is 5.78. The molecule has 41 heavy (non-hydrogen) atoms. The van der Waals surface area contributed by atoms with Crippen LogP contribution in [0.4, 0.5) is 10.5 Å². The van der Waals surface area contributed by atoms with Crippen LogP contribution in [0.2, 0.25) is 0 Å². The van der Waals surface area contributed by atoms with Crippen molar-refractivity contribution >= 4 is 23.7 Å². The smallest absolute Gasteiger partial charge is 0.408 e. The van der Waals surface area contributed by atoms with Gasteiger partial charge in [0.05, 0.1) is 19.4 Å². The quantitative estimate of drug-likeness (QED) is 0.215. The van der Waals surface area contributed by atoms with Crippen molar-refractivity contribution in [3.8, 4) is 11.5 Å². The number of carbonyl (C=O) groups excluding carboxylic acids is 3. The van der Waals surface area contributed by atoms with Gasteiger partial charge in [-0.25, -0.2) is 9.59 Å². The molecule has 10 heteroatoms. The lowest BCUT2D eigenvalue weighted by atomic mass is 10.1. The number of ether oxygens (including phenoxy) is 4. The lowest BCUT2D eigenvalue weighted by molar-refractivity contribution is -0.157. The zero-order chi connectivity index (χ0) is 29.8.